The Bertz CT molecular complexity index is 713. The summed E-state index contributed by atoms with van der Waals surface area (Å²) in [6, 6.07) is 0. The van der Waals surface area contributed by atoms with E-state index in [0.29, 0.717) is 18.1 Å². The zero-order valence-corrected chi connectivity index (χ0v) is 15.2. The van der Waals surface area contributed by atoms with Crippen LogP contribution < -0.4 is 10.6 Å². The molecule has 3 N–H and O–H groups in total. The van der Waals surface area contributed by atoms with Crippen molar-refractivity contribution in [2.45, 2.75) is 39.2 Å². The van der Waals surface area contributed by atoms with Crippen LogP contribution in [0.1, 0.15) is 33.6 Å². The minimum Gasteiger partial charge on any atom is -0.368 e. The molecule has 136 valence electrons. The molecule has 0 saturated carbocycles. The van der Waals surface area contributed by atoms with Crippen LogP contribution in [0.4, 0.5) is 5.82 Å². The highest BCUT2D eigenvalue weighted by Crippen LogP contribution is 2.20. The third kappa shape index (κ3) is 4.88. The number of likely N-dealkylation sites (tertiary alicyclic amines) is 1. The summed E-state index contributed by atoms with van der Waals surface area (Å²) in [5, 5.41) is 6.43. The molecular formula is C17H27N7O. The number of imidazole rings is 1. The fourth-order valence-electron chi connectivity index (χ4n) is 3.15. The number of aromatic amines is 1. The number of carbonyl (C=O) groups is 1. The maximum atomic E-state index is 12.0. The summed E-state index contributed by atoms with van der Waals surface area (Å²) in [6.07, 6.45) is 5.31. The van der Waals surface area contributed by atoms with Gasteiger partial charge in [-0.05, 0) is 52.6 Å². The molecule has 3 rings (SSSR count). The van der Waals surface area contributed by atoms with E-state index < -0.39 is 0 Å². The molecule has 3 heterocycles. The Kier molecular flexibility index (Phi) is 5.17. The van der Waals surface area contributed by atoms with E-state index in [4.69, 9.17) is 0 Å². The minimum absolute atomic E-state index is 0.103. The van der Waals surface area contributed by atoms with Crippen LogP contribution in [0, 0.1) is 5.92 Å². The number of anilines is 1. The van der Waals surface area contributed by atoms with E-state index in [2.05, 4.69) is 35.5 Å². The fourth-order valence-corrected chi connectivity index (χ4v) is 3.15. The number of aromatic nitrogens is 4. The van der Waals surface area contributed by atoms with E-state index in [1.807, 2.05) is 20.8 Å². The lowest BCUT2D eigenvalue weighted by molar-refractivity contribution is -0.124. The monoisotopic (exact) mass is 345 g/mol. The maximum Gasteiger partial charge on any atom is 0.234 e. The Morgan fingerprint density at radius 2 is 2.04 bits per heavy atom. The first-order valence-electron chi connectivity index (χ1n) is 8.82. The molecule has 2 aromatic rings. The van der Waals surface area contributed by atoms with E-state index in [1.54, 1.807) is 6.33 Å². The van der Waals surface area contributed by atoms with Crippen molar-refractivity contribution in [1.29, 1.82) is 0 Å². The van der Waals surface area contributed by atoms with Gasteiger partial charge in [0.1, 0.15) is 11.8 Å². The number of H-pyrrole nitrogens is 1. The van der Waals surface area contributed by atoms with E-state index in [0.717, 1.165) is 43.8 Å². The molecule has 2 aromatic heterocycles. The molecule has 1 fully saturated rings. The molecule has 1 aliphatic rings. The van der Waals surface area contributed by atoms with Gasteiger partial charge in [-0.1, -0.05) is 0 Å². The van der Waals surface area contributed by atoms with Crippen LogP contribution in [0.15, 0.2) is 12.7 Å². The van der Waals surface area contributed by atoms with E-state index >= 15 is 0 Å². The van der Waals surface area contributed by atoms with Crippen LogP contribution in [-0.4, -0.2) is 62.5 Å². The van der Waals surface area contributed by atoms with Gasteiger partial charge >= 0.3 is 0 Å². The fraction of sp³-hybridized carbons (Fsp3) is 0.647. The highest BCUT2D eigenvalue weighted by molar-refractivity contribution is 5.81. The van der Waals surface area contributed by atoms with Gasteiger partial charge in [0.15, 0.2) is 11.5 Å². The summed E-state index contributed by atoms with van der Waals surface area (Å²) in [6.45, 7) is 9.28. The average Bonchev–Trinajstić information content (AvgIpc) is 3.01. The molecule has 0 atom stereocenters. The summed E-state index contributed by atoms with van der Waals surface area (Å²) >= 11 is 0. The Labute approximate surface area is 147 Å². The molecular weight excluding hydrogens is 318 g/mol. The van der Waals surface area contributed by atoms with E-state index in [1.165, 1.54) is 6.33 Å². The standard InChI is InChI=1S/C17H27N7O/c1-17(2,3)23-13(25)9-24-6-4-12(5-7-24)8-18-15-14-16(20-10-19-14)22-11-21-15/h10-12H,4-9H2,1-3H3,(H,23,25)(H2,18,19,20,21,22). The van der Waals surface area contributed by atoms with Crippen LogP contribution >= 0.6 is 0 Å². The molecule has 1 amide bonds. The molecule has 0 radical (unpaired) electrons. The van der Waals surface area contributed by atoms with Gasteiger partial charge in [-0.3, -0.25) is 9.69 Å². The predicted molar refractivity (Wildman–Crippen MR) is 97.2 cm³/mol. The van der Waals surface area contributed by atoms with Crippen LogP contribution in [0.5, 0.6) is 0 Å². The van der Waals surface area contributed by atoms with E-state index in [-0.39, 0.29) is 11.4 Å². The number of amides is 1. The predicted octanol–water partition coefficient (Wildman–Crippen LogP) is 1.39. The second-order valence-electron chi connectivity index (χ2n) is 7.72. The quantitative estimate of drug-likeness (QED) is 0.757. The Hall–Kier alpha value is -2.22. The lowest BCUT2D eigenvalue weighted by Gasteiger charge is -2.32. The zero-order valence-electron chi connectivity index (χ0n) is 15.2. The third-order valence-corrected chi connectivity index (χ3v) is 4.37. The average molecular weight is 345 g/mol. The Morgan fingerprint density at radius 3 is 2.76 bits per heavy atom. The highest BCUT2D eigenvalue weighted by Gasteiger charge is 2.22. The molecule has 0 unspecified atom stereocenters. The lowest BCUT2D eigenvalue weighted by Crippen LogP contribution is -2.47. The molecule has 1 aliphatic heterocycles. The van der Waals surface area contributed by atoms with Crippen molar-refractivity contribution in [2.24, 2.45) is 5.92 Å². The number of nitrogens with one attached hydrogen (secondary N) is 3. The van der Waals surface area contributed by atoms with Gasteiger partial charge in [0.2, 0.25) is 5.91 Å². The first-order valence-corrected chi connectivity index (χ1v) is 8.82. The molecule has 0 aliphatic carbocycles. The summed E-state index contributed by atoms with van der Waals surface area (Å²) < 4.78 is 0. The van der Waals surface area contributed by atoms with Crippen LogP contribution in [0.2, 0.25) is 0 Å². The van der Waals surface area contributed by atoms with Gasteiger partial charge in [0.25, 0.3) is 0 Å². The Balaban J connectivity index is 1.44. The van der Waals surface area contributed by atoms with Crippen LogP contribution in [0.3, 0.4) is 0 Å². The topological polar surface area (TPSA) is 98.8 Å². The van der Waals surface area contributed by atoms with Crippen molar-refractivity contribution in [3.05, 3.63) is 12.7 Å². The van der Waals surface area contributed by atoms with Crippen molar-refractivity contribution in [1.82, 2.24) is 30.2 Å². The summed E-state index contributed by atoms with van der Waals surface area (Å²) in [5.74, 6) is 1.48. The number of nitrogens with zero attached hydrogens (tertiary/aromatic N) is 4. The smallest absolute Gasteiger partial charge is 0.234 e. The number of hydrogen-bond donors (Lipinski definition) is 3. The first kappa shape index (κ1) is 17.6. The van der Waals surface area contributed by atoms with E-state index in [9.17, 15) is 4.79 Å². The minimum atomic E-state index is -0.172. The molecule has 0 spiro atoms. The number of piperidine rings is 1. The summed E-state index contributed by atoms with van der Waals surface area (Å²) in [5.41, 5.74) is 1.35. The largest absolute Gasteiger partial charge is 0.368 e. The normalized spacial score (nSPS) is 16.9. The van der Waals surface area contributed by atoms with Crippen molar-refractivity contribution in [3.8, 4) is 0 Å². The summed E-state index contributed by atoms with van der Waals surface area (Å²) in [7, 11) is 0. The Morgan fingerprint density at radius 1 is 1.28 bits per heavy atom. The number of fused-ring (bicyclic) bond motifs is 1. The first-order chi connectivity index (χ1) is 11.9. The second-order valence-corrected chi connectivity index (χ2v) is 7.72. The highest BCUT2D eigenvalue weighted by atomic mass is 16.2. The third-order valence-electron chi connectivity index (χ3n) is 4.37. The number of carbonyl (C=O) groups excluding carboxylic acids is 1. The maximum absolute atomic E-state index is 12.0. The van der Waals surface area contributed by atoms with Gasteiger partial charge in [0.05, 0.1) is 12.9 Å². The zero-order chi connectivity index (χ0) is 17.9. The van der Waals surface area contributed by atoms with Crippen molar-refractivity contribution < 1.29 is 4.79 Å². The lowest BCUT2D eigenvalue weighted by atomic mass is 9.96. The van der Waals surface area contributed by atoms with Gasteiger partial charge in [0, 0.05) is 12.1 Å². The number of hydrogen-bond acceptors (Lipinski definition) is 6. The van der Waals surface area contributed by atoms with Crippen molar-refractivity contribution >= 4 is 22.9 Å². The second kappa shape index (κ2) is 7.35. The molecule has 25 heavy (non-hydrogen) atoms. The van der Waals surface area contributed by atoms with Gasteiger partial charge in [-0.25, -0.2) is 15.0 Å². The van der Waals surface area contributed by atoms with Crippen LogP contribution in [0.25, 0.3) is 11.2 Å². The van der Waals surface area contributed by atoms with Crippen molar-refractivity contribution in [3.63, 3.8) is 0 Å². The molecule has 8 nitrogen and oxygen atoms in total. The van der Waals surface area contributed by atoms with Crippen molar-refractivity contribution in [2.75, 3.05) is 31.5 Å². The summed E-state index contributed by atoms with van der Waals surface area (Å²) in [4.78, 5) is 29.9. The van der Waals surface area contributed by atoms with Crippen LogP contribution in [-0.2, 0) is 4.79 Å². The van der Waals surface area contributed by atoms with Gasteiger partial charge in [-0.2, -0.15) is 0 Å². The number of rotatable bonds is 5. The molecule has 8 heteroatoms. The molecule has 1 saturated heterocycles. The molecule has 0 aromatic carbocycles. The SMILES string of the molecule is CC(C)(C)NC(=O)CN1CCC(CNc2ncnc3nc[nH]c23)CC1. The van der Waals surface area contributed by atoms with Gasteiger partial charge in [-0.15, -0.1) is 0 Å². The van der Waals surface area contributed by atoms with Gasteiger partial charge < -0.3 is 15.6 Å². The molecule has 0 bridgehead atoms.